The molecule has 0 radical (unpaired) electrons. The van der Waals surface area contributed by atoms with E-state index in [1.54, 1.807) is 11.8 Å². The molecule has 0 aliphatic carbocycles. The molecule has 0 bridgehead atoms. The monoisotopic (exact) mass is 473 g/mol. The van der Waals surface area contributed by atoms with Crippen LogP contribution in [0.5, 0.6) is 0 Å². The Morgan fingerprint density at radius 3 is 2.56 bits per heavy atom. The van der Waals surface area contributed by atoms with E-state index in [-0.39, 0.29) is 25.3 Å². The molecule has 2 amide bonds. The van der Waals surface area contributed by atoms with Gasteiger partial charge in [-0.3, -0.25) is 0 Å². The van der Waals surface area contributed by atoms with Crippen LogP contribution in [0.2, 0.25) is 0 Å². The Kier molecular flexibility index (Phi) is 9.56. The highest BCUT2D eigenvalue weighted by molar-refractivity contribution is 5.89. The van der Waals surface area contributed by atoms with Gasteiger partial charge in [-0.05, 0) is 19.1 Å². The molecular formula is C23H31N5O6. The van der Waals surface area contributed by atoms with Gasteiger partial charge in [0.05, 0.1) is 38.0 Å². The van der Waals surface area contributed by atoms with Crippen LogP contribution >= 0.6 is 0 Å². The number of para-hydroxylation sites is 1. The highest BCUT2D eigenvalue weighted by Gasteiger charge is 2.28. The van der Waals surface area contributed by atoms with Gasteiger partial charge in [0.1, 0.15) is 0 Å². The first kappa shape index (κ1) is 25.3. The van der Waals surface area contributed by atoms with Crippen molar-refractivity contribution < 1.29 is 28.5 Å². The number of anilines is 2. The van der Waals surface area contributed by atoms with Crippen LogP contribution in [0.1, 0.15) is 17.3 Å². The van der Waals surface area contributed by atoms with E-state index in [1.165, 1.54) is 26.6 Å². The van der Waals surface area contributed by atoms with Gasteiger partial charge in [0.2, 0.25) is 5.95 Å². The fraction of sp³-hybridized carbons (Fsp3) is 0.478. The van der Waals surface area contributed by atoms with E-state index in [2.05, 4.69) is 15.3 Å². The van der Waals surface area contributed by atoms with Gasteiger partial charge in [-0.15, -0.1) is 0 Å². The van der Waals surface area contributed by atoms with E-state index in [0.29, 0.717) is 43.4 Å². The minimum absolute atomic E-state index is 0.219. The molecule has 11 nitrogen and oxygen atoms in total. The molecule has 11 heteroatoms. The summed E-state index contributed by atoms with van der Waals surface area (Å²) in [6, 6.07) is 8.92. The van der Waals surface area contributed by atoms with Crippen molar-refractivity contribution in [1.82, 2.24) is 14.9 Å². The quantitative estimate of drug-likeness (QED) is 0.409. The highest BCUT2D eigenvalue weighted by Crippen LogP contribution is 2.16. The molecule has 1 aromatic carbocycles. The number of benzene rings is 1. The first-order valence-electron chi connectivity index (χ1n) is 11.1. The number of carbonyl (C=O) groups excluding carboxylic acids is 2. The van der Waals surface area contributed by atoms with Crippen molar-refractivity contribution in [3.63, 3.8) is 0 Å². The van der Waals surface area contributed by atoms with E-state index in [9.17, 15) is 9.59 Å². The number of rotatable bonds is 10. The van der Waals surface area contributed by atoms with Gasteiger partial charge in [0, 0.05) is 45.4 Å². The summed E-state index contributed by atoms with van der Waals surface area (Å²) in [5.74, 6) is 0.0214. The first-order valence-corrected chi connectivity index (χ1v) is 11.1. The summed E-state index contributed by atoms with van der Waals surface area (Å²) in [6.07, 6.45) is 2.02. The van der Waals surface area contributed by atoms with Crippen LogP contribution < -0.4 is 10.2 Å². The smallest absolute Gasteiger partial charge is 0.341 e. The lowest BCUT2D eigenvalue weighted by molar-refractivity contribution is -0.114. The summed E-state index contributed by atoms with van der Waals surface area (Å²) in [7, 11) is 3.05. The zero-order valence-electron chi connectivity index (χ0n) is 19.7. The van der Waals surface area contributed by atoms with Gasteiger partial charge < -0.3 is 34.1 Å². The number of nitrogens with zero attached hydrogens (tertiary/aromatic N) is 4. The fourth-order valence-corrected chi connectivity index (χ4v) is 3.45. The Morgan fingerprint density at radius 2 is 1.91 bits per heavy atom. The minimum Gasteiger partial charge on any atom is -0.462 e. The first-order chi connectivity index (χ1) is 16.5. The fourth-order valence-electron chi connectivity index (χ4n) is 3.45. The largest absolute Gasteiger partial charge is 0.462 e. The van der Waals surface area contributed by atoms with Gasteiger partial charge in [0.15, 0.2) is 6.29 Å². The number of hydrogen-bond acceptors (Lipinski definition) is 9. The topological polar surface area (TPSA) is 115 Å². The molecule has 34 heavy (non-hydrogen) atoms. The molecule has 1 aliphatic heterocycles. The van der Waals surface area contributed by atoms with Crippen LogP contribution in [0, 0.1) is 0 Å². The Labute approximate surface area is 199 Å². The summed E-state index contributed by atoms with van der Waals surface area (Å²) >= 11 is 0. The molecule has 2 heterocycles. The summed E-state index contributed by atoms with van der Waals surface area (Å²) in [4.78, 5) is 37.0. The maximum Gasteiger partial charge on any atom is 0.341 e. The Balaban J connectivity index is 1.66. The lowest BCUT2D eigenvalue weighted by Gasteiger charge is -2.36. The molecular weight excluding hydrogens is 442 g/mol. The molecule has 1 N–H and O–H groups in total. The number of aromatic nitrogens is 2. The number of nitrogens with one attached hydrogen (secondary N) is 1. The zero-order valence-corrected chi connectivity index (χ0v) is 19.7. The summed E-state index contributed by atoms with van der Waals surface area (Å²) < 4.78 is 21.5. The van der Waals surface area contributed by atoms with E-state index < -0.39 is 12.3 Å². The minimum atomic E-state index is -0.583. The second-order valence-corrected chi connectivity index (χ2v) is 7.53. The maximum absolute atomic E-state index is 13.0. The third kappa shape index (κ3) is 7.11. The third-order valence-electron chi connectivity index (χ3n) is 5.20. The Morgan fingerprint density at radius 1 is 1.21 bits per heavy atom. The van der Waals surface area contributed by atoms with Crippen molar-refractivity contribution in [2.45, 2.75) is 19.3 Å². The van der Waals surface area contributed by atoms with Gasteiger partial charge >= 0.3 is 12.0 Å². The molecule has 1 atom stereocenters. The molecule has 2 aromatic rings. The number of hydrogen-bond donors (Lipinski definition) is 1. The molecule has 0 spiro atoms. The van der Waals surface area contributed by atoms with E-state index in [1.807, 2.05) is 35.2 Å². The summed E-state index contributed by atoms with van der Waals surface area (Å²) in [6.45, 7) is 4.05. The number of amides is 2. The predicted molar refractivity (Wildman–Crippen MR) is 125 cm³/mol. The van der Waals surface area contributed by atoms with Crippen LogP contribution in [0.4, 0.5) is 16.4 Å². The Hall–Kier alpha value is -3.28. The lowest BCUT2D eigenvalue weighted by Crippen LogP contribution is -2.51. The molecule has 1 saturated heterocycles. The number of ether oxygens (including phenoxy) is 4. The SMILES string of the molecule is CCOC(=O)c1cnc(N2CCOC(CN(CC(OC)OC)C(=O)Nc3ccccc3)C2)nc1. The molecule has 0 saturated carbocycles. The number of urea groups is 1. The van der Waals surface area contributed by atoms with Crippen LogP contribution in [0.25, 0.3) is 0 Å². The van der Waals surface area contributed by atoms with E-state index in [0.717, 1.165) is 0 Å². The third-order valence-corrected chi connectivity index (χ3v) is 5.20. The highest BCUT2D eigenvalue weighted by atomic mass is 16.7. The van der Waals surface area contributed by atoms with Crippen molar-refractivity contribution in [3.05, 3.63) is 48.3 Å². The lowest BCUT2D eigenvalue weighted by atomic mass is 10.2. The average Bonchev–Trinajstić information content (AvgIpc) is 2.87. The van der Waals surface area contributed by atoms with Gasteiger partial charge in [-0.1, -0.05) is 18.2 Å². The van der Waals surface area contributed by atoms with Crippen molar-refractivity contribution >= 4 is 23.6 Å². The average molecular weight is 474 g/mol. The van der Waals surface area contributed by atoms with Gasteiger partial charge in [-0.25, -0.2) is 19.6 Å². The molecule has 3 rings (SSSR count). The van der Waals surface area contributed by atoms with Gasteiger partial charge in [0.25, 0.3) is 0 Å². The van der Waals surface area contributed by atoms with Crippen molar-refractivity contribution in [1.29, 1.82) is 0 Å². The summed E-state index contributed by atoms with van der Waals surface area (Å²) in [5, 5.41) is 2.89. The number of morpholine rings is 1. The molecule has 1 unspecified atom stereocenters. The van der Waals surface area contributed by atoms with E-state index in [4.69, 9.17) is 18.9 Å². The van der Waals surface area contributed by atoms with Crippen molar-refractivity contribution in [3.8, 4) is 0 Å². The van der Waals surface area contributed by atoms with Crippen LogP contribution in [0.3, 0.4) is 0 Å². The van der Waals surface area contributed by atoms with E-state index >= 15 is 0 Å². The Bertz CT molecular complexity index is 910. The number of carbonyl (C=O) groups is 2. The summed E-state index contributed by atoms with van der Waals surface area (Å²) in [5.41, 5.74) is 0.981. The predicted octanol–water partition coefficient (Wildman–Crippen LogP) is 2.01. The van der Waals surface area contributed by atoms with Crippen LogP contribution in [0.15, 0.2) is 42.7 Å². The number of esters is 1. The molecule has 1 aromatic heterocycles. The normalized spacial score (nSPS) is 15.8. The maximum atomic E-state index is 13.0. The standard InChI is InChI=1S/C23H31N5O6/c1-4-33-21(29)17-12-24-22(25-13-17)27-10-11-34-19(14-27)15-28(16-20(31-2)32-3)23(30)26-18-8-6-5-7-9-18/h5-9,12-13,19-20H,4,10-11,14-16H2,1-3H3,(H,26,30). The van der Waals surface area contributed by atoms with Crippen LogP contribution in [-0.4, -0.2) is 92.9 Å². The van der Waals surface area contributed by atoms with Crippen LogP contribution in [-0.2, 0) is 18.9 Å². The molecule has 1 aliphatic rings. The molecule has 184 valence electrons. The second-order valence-electron chi connectivity index (χ2n) is 7.53. The number of methoxy groups -OCH3 is 2. The van der Waals surface area contributed by atoms with Crippen molar-refractivity contribution in [2.75, 3.05) is 63.8 Å². The second kappa shape index (κ2) is 12.8. The molecule has 1 fully saturated rings. The van der Waals surface area contributed by atoms with Gasteiger partial charge in [-0.2, -0.15) is 0 Å². The zero-order chi connectivity index (χ0) is 24.3. The van der Waals surface area contributed by atoms with Crippen molar-refractivity contribution in [2.24, 2.45) is 0 Å².